The van der Waals surface area contributed by atoms with Crippen molar-refractivity contribution < 1.29 is 0 Å². The van der Waals surface area contributed by atoms with Crippen LogP contribution in [0.25, 0.3) is 0 Å². The van der Waals surface area contributed by atoms with E-state index in [0.29, 0.717) is 11.3 Å². The highest BCUT2D eigenvalue weighted by atomic mass is 14.9. The van der Waals surface area contributed by atoms with E-state index in [1.807, 2.05) is 0 Å². The fourth-order valence-electron chi connectivity index (χ4n) is 1.73. The number of hydrogen-bond acceptors (Lipinski definition) is 2. The molecule has 1 aromatic carbocycles. The minimum Gasteiger partial charge on any atom is -0.330 e. The maximum Gasteiger partial charge on any atom is 0.0205 e. The van der Waals surface area contributed by atoms with Crippen molar-refractivity contribution in [2.75, 3.05) is 13.1 Å². The molecule has 0 radical (unpaired) electrons. The Kier molecular flexibility index (Phi) is 5.83. The first-order chi connectivity index (χ1) is 8.43. The van der Waals surface area contributed by atoms with Crippen LogP contribution in [0.1, 0.15) is 38.8 Å². The van der Waals surface area contributed by atoms with Gasteiger partial charge in [0.1, 0.15) is 0 Å². The summed E-state index contributed by atoms with van der Waals surface area (Å²) in [5.41, 5.74) is 8.58. The van der Waals surface area contributed by atoms with Gasteiger partial charge in [-0.25, -0.2) is 0 Å². The minimum atomic E-state index is 0.373. The number of nitrogens with one attached hydrogen (secondary N) is 1. The quantitative estimate of drug-likeness (QED) is 0.812. The molecule has 2 heteroatoms. The Labute approximate surface area is 112 Å². The second kappa shape index (κ2) is 6.91. The van der Waals surface area contributed by atoms with E-state index in [-0.39, 0.29) is 0 Å². The Hall–Kier alpha value is -0.860. The summed E-state index contributed by atoms with van der Waals surface area (Å²) >= 11 is 0. The fourth-order valence-corrected chi connectivity index (χ4v) is 1.73. The smallest absolute Gasteiger partial charge is 0.0205 e. The molecule has 18 heavy (non-hydrogen) atoms. The molecule has 0 aliphatic carbocycles. The molecule has 1 atom stereocenters. The molecule has 0 bridgehead atoms. The van der Waals surface area contributed by atoms with Gasteiger partial charge in [0.2, 0.25) is 0 Å². The first kappa shape index (κ1) is 15.2. The van der Waals surface area contributed by atoms with Crippen LogP contribution in [0.5, 0.6) is 0 Å². The molecule has 0 saturated heterocycles. The molecule has 0 spiro atoms. The van der Waals surface area contributed by atoms with E-state index in [1.165, 1.54) is 11.1 Å². The lowest BCUT2D eigenvalue weighted by Gasteiger charge is -2.27. The van der Waals surface area contributed by atoms with Crippen molar-refractivity contribution in [2.24, 2.45) is 17.1 Å². The summed E-state index contributed by atoms with van der Waals surface area (Å²) in [6.07, 6.45) is 0.967. The molecule has 1 aromatic rings. The normalized spacial score (nSPS) is 13.6. The van der Waals surface area contributed by atoms with Crippen LogP contribution in [-0.4, -0.2) is 13.1 Å². The van der Waals surface area contributed by atoms with Crippen molar-refractivity contribution in [1.82, 2.24) is 5.32 Å². The summed E-state index contributed by atoms with van der Waals surface area (Å²) in [7, 11) is 0. The van der Waals surface area contributed by atoms with Crippen LogP contribution in [0.2, 0.25) is 0 Å². The number of nitrogens with two attached hydrogens (primary N) is 1. The molecule has 2 nitrogen and oxygen atoms in total. The first-order valence-corrected chi connectivity index (χ1v) is 6.92. The Bertz CT molecular complexity index is 335. The number of rotatable bonds is 6. The molecule has 0 saturated carbocycles. The molecular formula is C16H28N2. The van der Waals surface area contributed by atoms with Crippen LogP contribution in [-0.2, 0) is 13.0 Å². The van der Waals surface area contributed by atoms with E-state index < -0.39 is 0 Å². The summed E-state index contributed by atoms with van der Waals surface area (Å²) in [5, 5.41) is 3.53. The Morgan fingerprint density at radius 3 is 2.17 bits per heavy atom. The van der Waals surface area contributed by atoms with Gasteiger partial charge < -0.3 is 11.1 Å². The van der Waals surface area contributed by atoms with E-state index in [4.69, 9.17) is 5.73 Å². The van der Waals surface area contributed by atoms with Crippen molar-refractivity contribution in [2.45, 2.75) is 40.7 Å². The van der Waals surface area contributed by atoms with Crippen LogP contribution in [0.3, 0.4) is 0 Å². The summed E-state index contributed by atoms with van der Waals surface area (Å²) in [4.78, 5) is 0. The SMILES string of the molecule is CC(CNCc1ccc(CCN)cc1)C(C)(C)C. The third-order valence-electron chi connectivity index (χ3n) is 3.71. The summed E-state index contributed by atoms with van der Waals surface area (Å²) in [5.74, 6) is 0.675. The third kappa shape index (κ3) is 5.19. The summed E-state index contributed by atoms with van der Waals surface area (Å²) < 4.78 is 0. The maximum atomic E-state index is 5.54. The zero-order valence-corrected chi connectivity index (χ0v) is 12.3. The van der Waals surface area contributed by atoms with Gasteiger partial charge in [-0.2, -0.15) is 0 Å². The van der Waals surface area contributed by atoms with Crippen LogP contribution >= 0.6 is 0 Å². The van der Waals surface area contributed by atoms with E-state index in [9.17, 15) is 0 Å². The average molecular weight is 248 g/mol. The molecule has 0 aliphatic heterocycles. The highest BCUT2D eigenvalue weighted by Gasteiger charge is 2.18. The predicted octanol–water partition coefficient (Wildman–Crippen LogP) is 2.96. The summed E-state index contributed by atoms with van der Waals surface area (Å²) in [6.45, 7) is 11.9. The molecule has 0 aliphatic rings. The molecule has 0 aromatic heterocycles. The van der Waals surface area contributed by atoms with Gasteiger partial charge in [0.25, 0.3) is 0 Å². The highest BCUT2D eigenvalue weighted by molar-refractivity contribution is 5.22. The van der Waals surface area contributed by atoms with Crippen molar-refractivity contribution in [3.05, 3.63) is 35.4 Å². The minimum absolute atomic E-state index is 0.373. The van der Waals surface area contributed by atoms with Gasteiger partial charge in [-0.15, -0.1) is 0 Å². The maximum absolute atomic E-state index is 5.54. The van der Waals surface area contributed by atoms with Gasteiger partial charge in [0.15, 0.2) is 0 Å². The zero-order valence-electron chi connectivity index (χ0n) is 12.3. The van der Waals surface area contributed by atoms with E-state index >= 15 is 0 Å². The number of benzene rings is 1. The molecule has 3 N–H and O–H groups in total. The predicted molar refractivity (Wildman–Crippen MR) is 79.5 cm³/mol. The standard InChI is InChI=1S/C16H28N2/c1-13(16(2,3)4)11-18-12-15-7-5-14(6-8-15)9-10-17/h5-8,13,18H,9-12,17H2,1-4H3. The molecule has 0 fully saturated rings. The lowest BCUT2D eigenvalue weighted by molar-refractivity contribution is 0.252. The van der Waals surface area contributed by atoms with Crippen molar-refractivity contribution in [3.8, 4) is 0 Å². The van der Waals surface area contributed by atoms with Gasteiger partial charge in [-0.1, -0.05) is 52.0 Å². The highest BCUT2D eigenvalue weighted by Crippen LogP contribution is 2.24. The third-order valence-corrected chi connectivity index (χ3v) is 3.71. The summed E-state index contributed by atoms with van der Waals surface area (Å²) in [6, 6.07) is 8.74. The van der Waals surface area contributed by atoms with Crippen LogP contribution in [0.15, 0.2) is 24.3 Å². The van der Waals surface area contributed by atoms with E-state index in [0.717, 1.165) is 26.1 Å². The van der Waals surface area contributed by atoms with Crippen LogP contribution in [0, 0.1) is 11.3 Å². The van der Waals surface area contributed by atoms with Crippen LogP contribution < -0.4 is 11.1 Å². The molecule has 1 unspecified atom stereocenters. The van der Waals surface area contributed by atoms with Crippen molar-refractivity contribution >= 4 is 0 Å². The second-order valence-electron chi connectivity index (χ2n) is 6.25. The fraction of sp³-hybridized carbons (Fsp3) is 0.625. The Balaban J connectivity index is 2.35. The van der Waals surface area contributed by atoms with Gasteiger partial charge in [0, 0.05) is 6.54 Å². The van der Waals surface area contributed by atoms with Gasteiger partial charge in [0.05, 0.1) is 0 Å². The molecule has 0 heterocycles. The van der Waals surface area contributed by atoms with Crippen molar-refractivity contribution in [1.29, 1.82) is 0 Å². The molecule has 102 valence electrons. The lowest BCUT2D eigenvalue weighted by atomic mass is 9.82. The van der Waals surface area contributed by atoms with Gasteiger partial charge >= 0.3 is 0 Å². The Morgan fingerprint density at radius 1 is 1.11 bits per heavy atom. The van der Waals surface area contributed by atoms with E-state index in [1.54, 1.807) is 0 Å². The topological polar surface area (TPSA) is 38.0 Å². The van der Waals surface area contributed by atoms with Gasteiger partial charge in [-0.05, 0) is 42.0 Å². The zero-order chi connectivity index (χ0) is 13.6. The first-order valence-electron chi connectivity index (χ1n) is 6.92. The van der Waals surface area contributed by atoms with Crippen LogP contribution in [0.4, 0.5) is 0 Å². The molecular weight excluding hydrogens is 220 g/mol. The van der Waals surface area contributed by atoms with Gasteiger partial charge in [-0.3, -0.25) is 0 Å². The Morgan fingerprint density at radius 2 is 1.67 bits per heavy atom. The molecule has 1 rings (SSSR count). The average Bonchev–Trinajstić information content (AvgIpc) is 2.30. The lowest BCUT2D eigenvalue weighted by Crippen LogP contribution is -2.29. The second-order valence-corrected chi connectivity index (χ2v) is 6.25. The van der Waals surface area contributed by atoms with E-state index in [2.05, 4.69) is 57.3 Å². The number of hydrogen-bond donors (Lipinski definition) is 2. The largest absolute Gasteiger partial charge is 0.330 e. The van der Waals surface area contributed by atoms with Crippen molar-refractivity contribution in [3.63, 3.8) is 0 Å². The molecule has 0 amide bonds. The monoisotopic (exact) mass is 248 g/mol.